The molecule has 4 heterocycles. The molecule has 0 aliphatic carbocycles. The third-order valence-electron chi connectivity index (χ3n) is 6.01. The van der Waals surface area contributed by atoms with Crippen molar-refractivity contribution >= 4 is 54.6 Å². The van der Waals surface area contributed by atoms with Gasteiger partial charge in [0.1, 0.15) is 0 Å². The van der Waals surface area contributed by atoms with Crippen molar-refractivity contribution in [2.75, 3.05) is 0 Å². The van der Waals surface area contributed by atoms with Crippen LogP contribution in [0.15, 0.2) is 91.3 Å². The van der Waals surface area contributed by atoms with Gasteiger partial charge in [-0.25, -0.2) is 4.98 Å². The predicted molar refractivity (Wildman–Crippen MR) is 123 cm³/mol. The molecule has 0 radical (unpaired) electrons. The molecule has 30 heavy (non-hydrogen) atoms. The van der Waals surface area contributed by atoms with Gasteiger partial charge in [-0.2, -0.15) is 0 Å². The Morgan fingerprint density at radius 2 is 1.40 bits per heavy atom. The maximum Gasteiger partial charge on any atom is 0.0987 e. The summed E-state index contributed by atoms with van der Waals surface area (Å²) in [6.07, 6.45) is 3.82. The first kappa shape index (κ1) is 15.7. The molecule has 0 fully saturated rings. The van der Waals surface area contributed by atoms with E-state index in [1.165, 1.54) is 10.8 Å². The summed E-state index contributed by atoms with van der Waals surface area (Å²) in [5, 5.41) is 4.67. The van der Waals surface area contributed by atoms with Crippen LogP contribution in [0.1, 0.15) is 0 Å². The van der Waals surface area contributed by atoms with E-state index in [2.05, 4.69) is 87.3 Å². The number of hydrogen-bond donors (Lipinski definition) is 1. The molecule has 4 heteroatoms. The van der Waals surface area contributed by atoms with E-state index in [1.54, 1.807) is 0 Å². The number of aromatic nitrogens is 4. The smallest absolute Gasteiger partial charge is 0.0987 e. The Morgan fingerprint density at radius 1 is 0.667 bits per heavy atom. The first-order valence-corrected chi connectivity index (χ1v) is 10.0. The summed E-state index contributed by atoms with van der Waals surface area (Å²) in [6.45, 7) is 0. The van der Waals surface area contributed by atoms with E-state index in [0.29, 0.717) is 0 Å². The average molecular weight is 384 g/mol. The van der Waals surface area contributed by atoms with E-state index < -0.39 is 0 Å². The fourth-order valence-corrected chi connectivity index (χ4v) is 4.73. The van der Waals surface area contributed by atoms with Crippen molar-refractivity contribution in [2.24, 2.45) is 0 Å². The first-order chi connectivity index (χ1) is 14.9. The van der Waals surface area contributed by atoms with E-state index in [-0.39, 0.29) is 0 Å². The van der Waals surface area contributed by atoms with Crippen molar-refractivity contribution in [3.8, 4) is 5.69 Å². The number of aromatic amines is 1. The molecule has 7 rings (SSSR count). The molecule has 0 saturated carbocycles. The molecule has 0 atom stereocenters. The van der Waals surface area contributed by atoms with Crippen molar-refractivity contribution < 1.29 is 0 Å². The van der Waals surface area contributed by atoms with Crippen LogP contribution in [-0.2, 0) is 0 Å². The summed E-state index contributed by atoms with van der Waals surface area (Å²) in [5.74, 6) is 0. The number of H-pyrrole nitrogens is 1. The summed E-state index contributed by atoms with van der Waals surface area (Å²) in [4.78, 5) is 13.1. The number of nitrogens with one attached hydrogen (secondary N) is 1. The second kappa shape index (κ2) is 5.67. The Kier molecular flexibility index (Phi) is 2.97. The fourth-order valence-electron chi connectivity index (χ4n) is 4.73. The molecular formula is C26H16N4. The highest BCUT2D eigenvalue weighted by Crippen LogP contribution is 2.38. The minimum Gasteiger partial charge on any atom is -0.351 e. The summed E-state index contributed by atoms with van der Waals surface area (Å²) >= 11 is 0. The van der Waals surface area contributed by atoms with Crippen LogP contribution in [-0.4, -0.2) is 19.5 Å². The van der Waals surface area contributed by atoms with Gasteiger partial charge in [0.2, 0.25) is 0 Å². The first-order valence-electron chi connectivity index (χ1n) is 10.0. The lowest BCUT2D eigenvalue weighted by Gasteiger charge is -2.12. The van der Waals surface area contributed by atoms with Crippen molar-refractivity contribution in [1.29, 1.82) is 0 Å². The Balaban J connectivity index is 1.80. The fraction of sp³-hybridized carbons (Fsp3) is 0. The molecule has 3 aromatic carbocycles. The lowest BCUT2D eigenvalue weighted by molar-refractivity contribution is 1.18. The molecule has 0 bridgehead atoms. The van der Waals surface area contributed by atoms with Gasteiger partial charge in [0.15, 0.2) is 0 Å². The van der Waals surface area contributed by atoms with Crippen LogP contribution in [0.2, 0.25) is 0 Å². The number of pyridine rings is 2. The van der Waals surface area contributed by atoms with Crippen LogP contribution in [0.5, 0.6) is 0 Å². The molecule has 140 valence electrons. The van der Waals surface area contributed by atoms with Crippen LogP contribution < -0.4 is 0 Å². The Morgan fingerprint density at radius 3 is 2.33 bits per heavy atom. The maximum absolute atomic E-state index is 5.04. The lowest BCUT2D eigenvalue weighted by Crippen LogP contribution is -1.98. The van der Waals surface area contributed by atoms with E-state index in [0.717, 1.165) is 49.6 Å². The molecule has 4 nitrogen and oxygen atoms in total. The monoisotopic (exact) mass is 384 g/mol. The second-order valence-electron chi connectivity index (χ2n) is 7.62. The largest absolute Gasteiger partial charge is 0.351 e. The van der Waals surface area contributed by atoms with Crippen LogP contribution in [0.4, 0.5) is 0 Å². The van der Waals surface area contributed by atoms with Gasteiger partial charge in [0, 0.05) is 33.3 Å². The molecule has 0 aliphatic heterocycles. The topological polar surface area (TPSA) is 46.5 Å². The second-order valence-corrected chi connectivity index (χ2v) is 7.62. The van der Waals surface area contributed by atoms with Crippen LogP contribution in [0, 0.1) is 0 Å². The maximum atomic E-state index is 5.04. The molecule has 0 unspecified atom stereocenters. The van der Waals surface area contributed by atoms with Crippen LogP contribution in [0.25, 0.3) is 60.3 Å². The Hall–Kier alpha value is -4.18. The molecule has 0 amide bonds. The zero-order chi connectivity index (χ0) is 19.7. The Labute approximate surface area is 171 Å². The van der Waals surface area contributed by atoms with Crippen molar-refractivity contribution in [3.63, 3.8) is 0 Å². The van der Waals surface area contributed by atoms with E-state index in [9.17, 15) is 0 Å². The van der Waals surface area contributed by atoms with Crippen LogP contribution >= 0.6 is 0 Å². The normalized spacial score (nSPS) is 12.0. The molecular weight excluding hydrogens is 368 g/mol. The van der Waals surface area contributed by atoms with Crippen molar-refractivity contribution in [3.05, 3.63) is 91.3 Å². The summed E-state index contributed by atoms with van der Waals surface area (Å²) in [5.41, 5.74) is 7.49. The molecule has 4 aromatic heterocycles. The third-order valence-corrected chi connectivity index (χ3v) is 6.01. The van der Waals surface area contributed by atoms with Crippen LogP contribution in [0.3, 0.4) is 0 Å². The summed E-state index contributed by atoms with van der Waals surface area (Å²) in [7, 11) is 0. The number of hydrogen-bond acceptors (Lipinski definition) is 2. The summed E-state index contributed by atoms with van der Waals surface area (Å²) in [6, 6.07) is 27.4. The zero-order valence-electron chi connectivity index (χ0n) is 16.0. The van der Waals surface area contributed by atoms with E-state index >= 15 is 0 Å². The number of rotatable bonds is 1. The highest BCUT2D eigenvalue weighted by molar-refractivity contribution is 6.16. The standard InChI is InChI=1S/C26H16N4/c1-4-10-20-18(8-1)24-25(29-20)26(19-9-2-5-11-21(19)28-24)30-22-12-6-3-7-16(22)17-13-14-27-15-23(17)30/h1-15,29H. The van der Waals surface area contributed by atoms with Crippen molar-refractivity contribution in [2.45, 2.75) is 0 Å². The predicted octanol–water partition coefficient (Wildman–Crippen LogP) is 6.36. The molecule has 0 saturated heterocycles. The van der Waals surface area contributed by atoms with Gasteiger partial charge in [-0.3, -0.25) is 4.98 Å². The molecule has 1 N–H and O–H groups in total. The Bertz CT molecular complexity index is 1700. The number of para-hydroxylation sites is 3. The highest BCUT2D eigenvalue weighted by atomic mass is 15.0. The van der Waals surface area contributed by atoms with Gasteiger partial charge < -0.3 is 9.55 Å². The molecule has 0 aliphatic rings. The summed E-state index contributed by atoms with van der Waals surface area (Å²) < 4.78 is 2.33. The van der Waals surface area contributed by atoms with Gasteiger partial charge in [-0.05, 0) is 24.3 Å². The van der Waals surface area contributed by atoms with Gasteiger partial charge in [-0.1, -0.05) is 54.6 Å². The third kappa shape index (κ3) is 1.95. The SMILES string of the molecule is c1ccc2c(-n3c4ccccc4c4ccncc43)c3[nH]c4ccccc4c3nc2c1. The van der Waals surface area contributed by atoms with Gasteiger partial charge >= 0.3 is 0 Å². The molecule has 0 spiro atoms. The quantitative estimate of drug-likeness (QED) is 0.358. The number of benzene rings is 3. The van der Waals surface area contributed by atoms with Gasteiger partial charge in [-0.15, -0.1) is 0 Å². The average Bonchev–Trinajstić information content (AvgIpc) is 3.33. The zero-order valence-corrected chi connectivity index (χ0v) is 16.0. The minimum absolute atomic E-state index is 0.986. The number of fused-ring (bicyclic) bond motifs is 7. The minimum atomic E-state index is 0.986. The number of nitrogens with zero attached hydrogens (tertiary/aromatic N) is 3. The molecule has 7 aromatic rings. The lowest BCUT2D eigenvalue weighted by atomic mass is 10.1. The van der Waals surface area contributed by atoms with E-state index in [4.69, 9.17) is 4.98 Å². The van der Waals surface area contributed by atoms with E-state index in [1.807, 2.05) is 18.5 Å². The van der Waals surface area contributed by atoms with Crippen molar-refractivity contribution in [1.82, 2.24) is 19.5 Å². The highest BCUT2D eigenvalue weighted by Gasteiger charge is 2.19. The van der Waals surface area contributed by atoms with Gasteiger partial charge in [0.05, 0.1) is 39.5 Å². The van der Waals surface area contributed by atoms with Gasteiger partial charge in [0.25, 0.3) is 0 Å².